The molecule has 1 N–H and O–H groups in total. The number of hydrogen-bond acceptors (Lipinski definition) is 4. The van der Waals surface area contributed by atoms with E-state index >= 15 is 0 Å². The highest BCUT2D eigenvalue weighted by Crippen LogP contribution is 2.42. The Labute approximate surface area is 120 Å². The van der Waals surface area contributed by atoms with Crippen molar-refractivity contribution in [2.75, 3.05) is 33.2 Å². The van der Waals surface area contributed by atoms with Gasteiger partial charge in [0.15, 0.2) is 0 Å². The van der Waals surface area contributed by atoms with E-state index in [1.54, 1.807) is 0 Å². The van der Waals surface area contributed by atoms with Gasteiger partial charge < -0.3 is 14.7 Å². The number of aliphatic hydroxyl groups excluding tert-OH is 1. The smallest absolute Gasteiger partial charge is 0.131 e. The molecule has 0 unspecified atom stereocenters. The van der Waals surface area contributed by atoms with Crippen LogP contribution < -0.4 is 4.74 Å². The van der Waals surface area contributed by atoms with Crippen molar-refractivity contribution in [3.63, 3.8) is 0 Å². The zero-order valence-corrected chi connectivity index (χ0v) is 12.5. The van der Waals surface area contributed by atoms with Crippen LogP contribution in [0.5, 0.6) is 5.75 Å². The average molecular weight is 276 g/mol. The van der Waals surface area contributed by atoms with E-state index in [1.807, 2.05) is 32.0 Å². The van der Waals surface area contributed by atoms with E-state index < -0.39 is 11.7 Å². The third kappa shape index (κ3) is 2.32. The highest BCUT2D eigenvalue weighted by Gasteiger charge is 2.45. The minimum atomic E-state index is -0.553. The maximum absolute atomic E-state index is 10.8. The normalized spacial score (nSPS) is 30.6. The molecule has 1 aromatic rings. The Balaban J connectivity index is 1.95. The maximum atomic E-state index is 10.8. The van der Waals surface area contributed by atoms with E-state index in [2.05, 4.69) is 22.9 Å². The van der Waals surface area contributed by atoms with Crippen LogP contribution >= 0.6 is 0 Å². The first-order valence-corrected chi connectivity index (χ1v) is 7.37. The SMILES string of the molecule is CN1CCN([C@H]2c3ccccc3OC(C)(C)[C@@H]2O)CC1. The van der Waals surface area contributed by atoms with Crippen molar-refractivity contribution in [3.05, 3.63) is 29.8 Å². The fraction of sp³-hybridized carbons (Fsp3) is 0.625. The second-order valence-corrected chi connectivity index (χ2v) is 6.47. The summed E-state index contributed by atoms with van der Waals surface area (Å²) in [4.78, 5) is 4.73. The summed E-state index contributed by atoms with van der Waals surface area (Å²) in [6.07, 6.45) is -0.513. The summed E-state index contributed by atoms with van der Waals surface area (Å²) >= 11 is 0. The Bertz CT molecular complexity index is 481. The second kappa shape index (κ2) is 5.02. The van der Waals surface area contributed by atoms with E-state index in [0.717, 1.165) is 37.5 Å². The lowest BCUT2D eigenvalue weighted by atomic mass is 9.85. The van der Waals surface area contributed by atoms with E-state index in [0.29, 0.717) is 0 Å². The molecule has 3 rings (SSSR count). The standard InChI is InChI=1S/C16H24N2O2/c1-16(2)15(19)14(18-10-8-17(3)9-11-18)12-6-4-5-7-13(12)20-16/h4-7,14-15,19H,8-11H2,1-3H3/t14-,15+/m0/s1. The van der Waals surface area contributed by atoms with Crippen molar-refractivity contribution >= 4 is 0 Å². The molecule has 4 heteroatoms. The van der Waals surface area contributed by atoms with Gasteiger partial charge in [-0.05, 0) is 27.0 Å². The zero-order chi connectivity index (χ0) is 14.3. The number of benzene rings is 1. The maximum Gasteiger partial charge on any atom is 0.131 e. The van der Waals surface area contributed by atoms with E-state index in [4.69, 9.17) is 4.74 Å². The van der Waals surface area contributed by atoms with Crippen LogP contribution in [0.25, 0.3) is 0 Å². The third-order valence-electron chi connectivity index (χ3n) is 4.55. The summed E-state index contributed by atoms with van der Waals surface area (Å²) in [5.41, 5.74) is 0.561. The second-order valence-electron chi connectivity index (χ2n) is 6.47. The van der Waals surface area contributed by atoms with Gasteiger partial charge in [-0.1, -0.05) is 18.2 Å². The molecule has 0 aromatic heterocycles. The topological polar surface area (TPSA) is 35.9 Å². The fourth-order valence-corrected chi connectivity index (χ4v) is 3.21. The van der Waals surface area contributed by atoms with Crippen molar-refractivity contribution < 1.29 is 9.84 Å². The number of rotatable bonds is 1. The number of fused-ring (bicyclic) bond motifs is 1. The molecule has 0 radical (unpaired) electrons. The Hall–Kier alpha value is -1.10. The molecular weight excluding hydrogens is 252 g/mol. The molecule has 0 spiro atoms. The molecule has 0 aliphatic carbocycles. The van der Waals surface area contributed by atoms with Crippen LogP contribution in [0, 0.1) is 0 Å². The minimum absolute atomic E-state index is 0.0312. The van der Waals surface area contributed by atoms with Crippen molar-refractivity contribution in [1.82, 2.24) is 9.80 Å². The molecule has 0 saturated carbocycles. The number of aliphatic hydroxyl groups is 1. The van der Waals surface area contributed by atoms with Crippen molar-refractivity contribution in [3.8, 4) is 5.75 Å². The first-order valence-electron chi connectivity index (χ1n) is 7.37. The van der Waals surface area contributed by atoms with Gasteiger partial charge in [-0.2, -0.15) is 0 Å². The van der Waals surface area contributed by atoms with Gasteiger partial charge in [0, 0.05) is 31.7 Å². The minimum Gasteiger partial charge on any atom is -0.485 e. The largest absolute Gasteiger partial charge is 0.485 e. The summed E-state index contributed by atoms with van der Waals surface area (Å²) < 4.78 is 5.99. The van der Waals surface area contributed by atoms with E-state index in [9.17, 15) is 5.11 Å². The predicted molar refractivity (Wildman–Crippen MR) is 79.0 cm³/mol. The van der Waals surface area contributed by atoms with Gasteiger partial charge in [0.05, 0.1) is 6.04 Å². The Kier molecular flexibility index (Phi) is 3.48. The molecule has 0 amide bonds. The molecule has 20 heavy (non-hydrogen) atoms. The Morgan fingerprint density at radius 3 is 2.50 bits per heavy atom. The molecule has 2 aliphatic rings. The number of ether oxygens (including phenoxy) is 1. The lowest BCUT2D eigenvalue weighted by molar-refractivity contribution is -0.0988. The zero-order valence-electron chi connectivity index (χ0n) is 12.5. The highest BCUT2D eigenvalue weighted by atomic mass is 16.5. The van der Waals surface area contributed by atoms with E-state index in [1.165, 1.54) is 0 Å². The lowest BCUT2D eigenvalue weighted by Gasteiger charge is -2.48. The number of likely N-dealkylation sites (N-methyl/N-ethyl adjacent to an activating group) is 1. The van der Waals surface area contributed by atoms with Crippen molar-refractivity contribution in [2.24, 2.45) is 0 Å². The first kappa shape index (κ1) is 13.9. The summed E-state index contributed by atoms with van der Waals surface area (Å²) in [6.45, 7) is 8.01. The van der Waals surface area contributed by atoms with E-state index in [-0.39, 0.29) is 6.04 Å². The number of para-hydroxylation sites is 1. The average Bonchev–Trinajstić information content (AvgIpc) is 2.41. The fourth-order valence-electron chi connectivity index (χ4n) is 3.21. The summed E-state index contributed by atoms with van der Waals surface area (Å²) in [6, 6.07) is 8.14. The molecule has 110 valence electrons. The molecule has 1 saturated heterocycles. The van der Waals surface area contributed by atoms with Gasteiger partial charge in [-0.15, -0.1) is 0 Å². The Morgan fingerprint density at radius 1 is 1.15 bits per heavy atom. The summed E-state index contributed by atoms with van der Waals surface area (Å²) in [5.74, 6) is 0.909. The quantitative estimate of drug-likeness (QED) is 0.843. The van der Waals surface area contributed by atoms with Crippen molar-refractivity contribution in [2.45, 2.75) is 31.6 Å². The van der Waals surface area contributed by atoms with Gasteiger partial charge in [-0.25, -0.2) is 0 Å². The molecule has 4 nitrogen and oxygen atoms in total. The molecular formula is C16H24N2O2. The van der Waals surface area contributed by atoms with Gasteiger partial charge in [0.1, 0.15) is 17.5 Å². The molecule has 2 heterocycles. The molecule has 2 atom stereocenters. The van der Waals surface area contributed by atoms with Gasteiger partial charge in [0.25, 0.3) is 0 Å². The van der Waals surface area contributed by atoms with Crippen LogP contribution in [0.4, 0.5) is 0 Å². The van der Waals surface area contributed by atoms with Crippen LogP contribution in [-0.2, 0) is 0 Å². The number of piperazine rings is 1. The molecule has 1 aromatic carbocycles. The van der Waals surface area contributed by atoms with Crippen LogP contribution in [-0.4, -0.2) is 59.8 Å². The number of hydrogen-bond donors (Lipinski definition) is 1. The van der Waals surface area contributed by atoms with Gasteiger partial charge >= 0.3 is 0 Å². The molecule has 1 fully saturated rings. The van der Waals surface area contributed by atoms with Crippen LogP contribution in [0.3, 0.4) is 0 Å². The van der Waals surface area contributed by atoms with Gasteiger partial charge in [-0.3, -0.25) is 4.90 Å². The summed E-state index contributed by atoms with van der Waals surface area (Å²) in [7, 11) is 2.15. The van der Waals surface area contributed by atoms with Gasteiger partial charge in [0.2, 0.25) is 0 Å². The molecule has 2 aliphatic heterocycles. The van der Waals surface area contributed by atoms with Crippen molar-refractivity contribution in [1.29, 1.82) is 0 Å². The predicted octanol–water partition coefficient (Wildman–Crippen LogP) is 1.51. The number of nitrogens with zero attached hydrogens (tertiary/aromatic N) is 2. The van der Waals surface area contributed by atoms with Crippen LogP contribution in [0.2, 0.25) is 0 Å². The first-order chi connectivity index (χ1) is 9.49. The third-order valence-corrected chi connectivity index (χ3v) is 4.55. The monoisotopic (exact) mass is 276 g/mol. The Morgan fingerprint density at radius 2 is 1.80 bits per heavy atom. The highest BCUT2D eigenvalue weighted by molar-refractivity contribution is 5.40. The summed E-state index contributed by atoms with van der Waals surface area (Å²) in [5, 5.41) is 10.8. The lowest BCUT2D eigenvalue weighted by Crippen LogP contribution is -2.56. The van der Waals surface area contributed by atoms with Crippen LogP contribution in [0.1, 0.15) is 25.5 Å². The molecule has 0 bridgehead atoms. The van der Waals surface area contributed by atoms with Crippen LogP contribution in [0.15, 0.2) is 24.3 Å².